The van der Waals surface area contributed by atoms with Crippen molar-refractivity contribution in [3.8, 4) is 0 Å². The van der Waals surface area contributed by atoms with Crippen molar-refractivity contribution < 1.29 is 14.3 Å². The molecule has 1 N–H and O–H groups in total. The van der Waals surface area contributed by atoms with E-state index in [0.717, 1.165) is 46.4 Å². The van der Waals surface area contributed by atoms with Crippen LogP contribution in [0.1, 0.15) is 27.8 Å². The Balaban J connectivity index is 1.34. The number of imidazole rings is 1. The van der Waals surface area contributed by atoms with Gasteiger partial charge >= 0.3 is 5.97 Å². The number of rotatable bonds is 5. The predicted octanol–water partition coefficient (Wildman–Crippen LogP) is 3.23. The number of carbonyl (C=O) groups is 1. The van der Waals surface area contributed by atoms with Gasteiger partial charge in [-0.3, -0.25) is 4.98 Å². The molecule has 7 nitrogen and oxygen atoms in total. The Morgan fingerprint density at radius 3 is 3.03 bits per heavy atom. The molecule has 0 amide bonds. The van der Waals surface area contributed by atoms with E-state index in [9.17, 15) is 4.79 Å². The highest BCUT2D eigenvalue weighted by atomic mass is 16.5. The minimum absolute atomic E-state index is 0.121. The molecule has 0 spiro atoms. The van der Waals surface area contributed by atoms with Crippen molar-refractivity contribution >= 4 is 27.9 Å². The summed E-state index contributed by atoms with van der Waals surface area (Å²) in [6, 6.07) is 15.9. The van der Waals surface area contributed by atoms with Gasteiger partial charge in [0.05, 0.1) is 41.9 Å². The number of fused-ring (bicyclic) bond motifs is 4. The number of esters is 1. The molecule has 0 fully saturated rings. The molecule has 1 atom stereocenters. The molecule has 0 aliphatic carbocycles. The van der Waals surface area contributed by atoms with Crippen molar-refractivity contribution in [1.29, 1.82) is 0 Å². The van der Waals surface area contributed by atoms with Gasteiger partial charge in [0.2, 0.25) is 0 Å². The lowest BCUT2D eigenvalue weighted by Crippen LogP contribution is -2.32. The number of nitrogens with zero attached hydrogens (tertiary/aromatic N) is 3. The van der Waals surface area contributed by atoms with E-state index in [0.29, 0.717) is 18.8 Å². The summed E-state index contributed by atoms with van der Waals surface area (Å²) >= 11 is 0. The molecule has 2 aromatic heterocycles. The Labute approximate surface area is 173 Å². The number of pyridine rings is 1. The van der Waals surface area contributed by atoms with Crippen LogP contribution in [-0.4, -0.2) is 40.8 Å². The third-order valence-electron chi connectivity index (χ3n) is 5.45. The van der Waals surface area contributed by atoms with Crippen LogP contribution in [0.4, 0.5) is 0 Å². The van der Waals surface area contributed by atoms with Crippen LogP contribution in [-0.2, 0) is 22.6 Å². The van der Waals surface area contributed by atoms with Gasteiger partial charge < -0.3 is 19.4 Å². The maximum absolute atomic E-state index is 11.8. The Bertz CT molecular complexity index is 1230. The fourth-order valence-corrected chi connectivity index (χ4v) is 4.01. The molecule has 0 saturated carbocycles. The van der Waals surface area contributed by atoms with E-state index in [-0.39, 0.29) is 12.0 Å². The average molecular weight is 402 g/mol. The first kappa shape index (κ1) is 18.7. The molecular formula is C23H22N4O3. The van der Waals surface area contributed by atoms with Crippen molar-refractivity contribution in [2.24, 2.45) is 0 Å². The lowest BCUT2D eigenvalue weighted by atomic mass is 10.1. The molecule has 3 heterocycles. The van der Waals surface area contributed by atoms with Gasteiger partial charge in [0.15, 0.2) is 0 Å². The largest absolute Gasteiger partial charge is 0.465 e. The second kappa shape index (κ2) is 7.85. The third-order valence-corrected chi connectivity index (χ3v) is 5.45. The quantitative estimate of drug-likeness (QED) is 0.517. The van der Waals surface area contributed by atoms with Gasteiger partial charge in [-0.25, -0.2) is 9.78 Å². The SMILES string of the molecule is COC(=O)c1ccc2c(c1)nc1n2[C@@H](CNCc2cnc3ccccc3c2)COC1. The van der Waals surface area contributed by atoms with Crippen LogP contribution in [0.2, 0.25) is 0 Å². The summed E-state index contributed by atoms with van der Waals surface area (Å²) in [5.41, 5.74) is 4.42. The lowest BCUT2D eigenvalue weighted by Gasteiger charge is -2.26. The number of para-hydroxylation sites is 1. The fraction of sp³-hybridized carbons (Fsp3) is 0.261. The first-order valence-corrected chi connectivity index (χ1v) is 9.94. The van der Waals surface area contributed by atoms with Gasteiger partial charge in [-0.15, -0.1) is 0 Å². The van der Waals surface area contributed by atoms with E-state index in [1.165, 1.54) is 7.11 Å². The molecule has 7 heteroatoms. The van der Waals surface area contributed by atoms with Gasteiger partial charge in [0.25, 0.3) is 0 Å². The van der Waals surface area contributed by atoms with Crippen molar-refractivity contribution in [2.75, 3.05) is 20.3 Å². The molecule has 0 bridgehead atoms. The van der Waals surface area contributed by atoms with Crippen molar-refractivity contribution in [1.82, 2.24) is 19.9 Å². The fourth-order valence-electron chi connectivity index (χ4n) is 4.01. The standard InChI is InChI=1S/C23H22N4O3/c1-29-23(28)17-6-7-21-20(9-17)26-22-14-30-13-18(27(21)22)12-24-10-15-8-16-4-2-3-5-19(16)25-11-15/h2-9,11,18,24H,10,12-14H2,1H3/t18-/m0/s1. The number of ether oxygens (including phenoxy) is 2. The van der Waals surface area contributed by atoms with E-state index >= 15 is 0 Å². The van der Waals surface area contributed by atoms with Gasteiger partial charge in [-0.1, -0.05) is 18.2 Å². The summed E-state index contributed by atoms with van der Waals surface area (Å²) in [7, 11) is 1.38. The minimum Gasteiger partial charge on any atom is -0.465 e. The monoisotopic (exact) mass is 402 g/mol. The van der Waals surface area contributed by atoms with Crippen LogP contribution in [0.3, 0.4) is 0 Å². The summed E-state index contributed by atoms with van der Waals surface area (Å²) in [6.45, 7) is 2.54. The Morgan fingerprint density at radius 1 is 1.23 bits per heavy atom. The van der Waals surface area contributed by atoms with E-state index in [4.69, 9.17) is 9.47 Å². The highest BCUT2D eigenvalue weighted by Gasteiger charge is 2.24. The summed E-state index contributed by atoms with van der Waals surface area (Å²) in [4.78, 5) is 21.0. The molecule has 152 valence electrons. The van der Waals surface area contributed by atoms with Crippen LogP contribution in [0.15, 0.2) is 54.7 Å². The van der Waals surface area contributed by atoms with Crippen LogP contribution in [0.25, 0.3) is 21.9 Å². The van der Waals surface area contributed by atoms with Crippen molar-refractivity contribution in [3.63, 3.8) is 0 Å². The number of benzene rings is 2. The Kier molecular flexibility index (Phi) is 4.90. The maximum Gasteiger partial charge on any atom is 0.337 e. The summed E-state index contributed by atoms with van der Waals surface area (Å²) in [6.07, 6.45) is 1.92. The number of methoxy groups -OCH3 is 1. The summed E-state index contributed by atoms with van der Waals surface area (Å²) < 4.78 is 12.8. The Morgan fingerprint density at radius 2 is 2.13 bits per heavy atom. The van der Waals surface area contributed by atoms with E-state index in [2.05, 4.69) is 32.0 Å². The van der Waals surface area contributed by atoms with E-state index < -0.39 is 0 Å². The summed E-state index contributed by atoms with van der Waals surface area (Å²) in [5.74, 6) is 0.513. The van der Waals surface area contributed by atoms with Crippen LogP contribution >= 0.6 is 0 Å². The van der Waals surface area contributed by atoms with E-state index in [1.54, 1.807) is 12.1 Å². The zero-order valence-electron chi connectivity index (χ0n) is 16.7. The molecular weight excluding hydrogens is 380 g/mol. The number of carbonyl (C=O) groups excluding carboxylic acids is 1. The molecule has 1 aliphatic heterocycles. The first-order chi connectivity index (χ1) is 14.7. The molecule has 1 aliphatic rings. The minimum atomic E-state index is -0.360. The second-order valence-electron chi connectivity index (χ2n) is 7.43. The molecule has 4 aromatic rings. The van der Waals surface area contributed by atoms with Crippen molar-refractivity contribution in [3.05, 3.63) is 71.7 Å². The van der Waals surface area contributed by atoms with Gasteiger partial charge in [-0.05, 0) is 35.9 Å². The third kappa shape index (κ3) is 3.42. The normalized spacial score (nSPS) is 16.0. The smallest absolute Gasteiger partial charge is 0.337 e. The maximum atomic E-state index is 11.8. The first-order valence-electron chi connectivity index (χ1n) is 9.94. The molecule has 5 rings (SSSR count). The van der Waals surface area contributed by atoms with Gasteiger partial charge in [-0.2, -0.15) is 0 Å². The average Bonchev–Trinajstić information content (AvgIpc) is 3.17. The molecule has 2 aromatic carbocycles. The van der Waals surface area contributed by atoms with Crippen molar-refractivity contribution in [2.45, 2.75) is 19.2 Å². The molecule has 0 unspecified atom stereocenters. The predicted molar refractivity (Wildman–Crippen MR) is 113 cm³/mol. The summed E-state index contributed by atoms with van der Waals surface area (Å²) in [5, 5.41) is 4.67. The van der Waals surface area contributed by atoms with Crippen LogP contribution in [0, 0.1) is 0 Å². The topological polar surface area (TPSA) is 78.3 Å². The highest BCUT2D eigenvalue weighted by molar-refractivity contribution is 5.93. The number of hydrogen-bond acceptors (Lipinski definition) is 6. The molecule has 0 saturated heterocycles. The highest BCUT2D eigenvalue weighted by Crippen LogP contribution is 2.26. The zero-order chi connectivity index (χ0) is 20.5. The molecule has 30 heavy (non-hydrogen) atoms. The second-order valence-corrected chi connectivity index (χ2v) is 7.43. The van der Waals surface area contributed by atoms with E-state index in [1.807, 2.05) is 30.5 Å². The zero-order valence-corrected chi connectivity index (χ0v) is 16.7. The number of aromatic nitrogens is 3. The lowest BCUT2D eigenvalue weighted by molar-refractivity contribution is 0.0564. The van der Waals surface area contributed by atoms with Gasteiger partial charge in [0, 0.05) is 24.7 Å². The van der Waals surface area contributed by atoms with Gasteiger partial charge in [0.1, 0.15) is 12.4 Å². The number of hydrogen-bond donors (Lipinski definition) is 1. The number of nitrogens with one attached hydrogen (secondary N) is 1. The van der Waals surface area contributed by atoms with Crippen LogP contribution < -0.4 is 5.32 Å². The molecule has 0 radical (unpaired) electrons. The Hall–Kier alpha value is -3.29. The van der Waals surface area contributed by atoms with Crippen LogP contribution in [0.5, 0.6) is 0 Å².